The van der Waals surface area contributed by atoms with E-state index < -0.39 is 0 Å². The Morgan fingerprint density at radius 3 is 0.500 bits per heavy atom. The van der Waals surface area contributed by atoms with Crippen molar-refractivity contribution in [1.29, 1.82) is 0 Å². The summed E-state index contributed by atoms with van der Waals surface area (Å²) in [6.45, 7) is 0. The van der Waals surface area contributed by atoms with Gasteiger partial charge in [-0.25, -0.2) is 0 Å². The van der Waals surface area contributed by atoms with Gasteiger partial charge in [0.15, 0.2) is 0 Å². The first kappa shape index (κ1) is 29.3. The van der Waals surface area contributed by atoms with Gasteiger partial charge in [-0.3, -0.25) is 0 Å². The van der Waals surface area contributed by atoms with Gasteiger partial charge in [-0.15, -0.1) is 0 Å². The van der Waals surface area contributed by atoms with E-state index in [1.165, 1.54) is 0 Å². The van der Waals surface area contributed by atoms with Crippen molar-refractivity contribution in [1.82, 2.24) is 0 Å². The van der Waals surface area contributed by atoms with E-state index in [0.717, 1.165) is 0 Å². The Kier molecular flexibility index (Phi) is 125. The molecule has 0 aromatic carbocycles. The topological polar surface area (TPSA) is 0 Å². The number of hydrogen-bond acceptors (Lipinski definition) is 0. The zero-order valence-electron chi connectivity index (χ0n) is 1.41. The fraction of sp³-hybridized carbons (Fsp3) is 0. The minimum Gasteiger partial charge on any atom is 0 e. The Morgan fingerprint density at radius 2 is 0.500 bits per heavy atom. The van der Waals surface area contributed by atoms with Crippen LogP contribution >= 0.6 is 0 Å². The quantitative estimate of drug-likeness (QED) is 0.387. The van der Waals surface area contributed by atoms with Crippen LogP contribution in [0.1, 0.15) is 0 Å². The van der Waals surface area contributed by atoms with Crippen LogP contribution in [0.2, 0.25) is 0 Å². The first-order chi connectivity index (χ1) is 0. The van der Waals surface area contributed by atoms with Crippen LogP contribution in [0.3, 0.4) is 0 Å². The zero-order valence-corrected chi connectivity index (χ0v) is 7.35. The standard InChI is InChI=1S/2Mg.2Zn.4H. The molecular weight excluding hydrogens is 179 g/mol. The second-order valence-corrected chi connectivity index (χ2v) is 0. The molecule has 0 bridgehead atoms. The molecule has 0 radical (unpaired) electrons. The molecule has 0 unspecified atom stereocenters. The summed E-state index contributed by atoms with van der Waals surface area (Å²) in [5, 5.41) is 0. The van der Waals surface area contributed by atoms with Gasteiger partial charge >= 0.3 is 46.1 Å². The van der Waals surface area contributed by atoms with Crippen LogP contribution in [0.4, 0.5) is 0 Å². The van der Waals surface area contributed by atoms with Crippen LogP contribution in [-0.4, -0.2) is 46.1 Å². The number of rotatable bonds is 0. The van der Waals surface area contributed by atoms with Crippen LogP contribution in [0.25, 0.3) is 0 Å². The summed E-state index contributed by atoms with van der Waals surface area (Å²) in [6.07, 6.45) is 0. The van der Waals surface area contributed by atoms with Crippen LogP contribution in [0.5, 0.6) is 0 Å². The van der Waals surface area contributed by atoms with E-state index in [9.17, 15) is 0 Å². The van der Waals surface area contributed by atoms with E-state index in [1.807, 2.05) is 0 Å². The minimum atomic E-state index is 0. The third kappa shape index (κ3) is 8.84. The van der Waals surface area contributed by atoms with Crippen molar-refractivity contribution >= 4 is 46.1 Å². The molecule has 0 heterocycles. The molecule has 0 fully saturated rings. The second-order valence-electron chi connectivity index (χ2n) is 0. The summed E-state index contributed by atoms with van der Waals surface area (Å²) < 4.78 is 0. The van der Waals surface area contributed by atoms with Crippen molar-refractivity contribution < 1.29 is 39.0 Å². The molecule has 0 aliphatic rings. The van der Waals surface area contributed by atoms with Gasteiger partial charge < -0.3 is 0 Å². The van der Waals surface area contributed by atoms with Gasteiger partial charge in [-0.1, -0.05) is 0 Å². The van der Waals surface area contributed by atoms with Gasteiger partial charge in [0.2, 0.25) is 0 Å². The van der Waals surface area contributed by atoms with E-state index >= 15 is 0 Å². The summed E-state index contributed by atoms with van der Waals surface area (Å²) in [6, 6.07) is 0. The predicted octanol–water partition coefficient (Wildman–Crippen LogP) is -1.84. The summed E-state index contributed by atoms with van der Waals surface area (Å²) in [5.41, 5.74) is 0. The van der Waals surface area contributed by atoms with E-state index in [0.29, 0.717) is 0 Å². The fourth-order valence-electron chi connectivity index (χ4n) is 0. The SMILES string of the molecule is [MgH2].[MgH2].[Zn].[Zn]. The number of hydrogen-bond donors (Lipinski definition) is 0. The molecule has 0 atom stereocenters. The first-order valence-corrected chi connectivity index (χ1v) is 0. The van der Waals surface area contributed by atoms with E-state index in [4.69, 9.17) is 0 Å². The van der Waals surface area contributed by atoms with Crippen LogP contribution in [-0.2, 0) is 39.0 Å². The average Bonchev–Trinajstić information content (AvgIpc) is 0. The summed E-state index contributed by atoms with van der Waals surface area (Å²) in [5.74, 6) is 0. The zero-order chi connectivity index (χ0) is 0. The molecule has 0 aliphatic heterocycles. The molecule has 0 aromatic heterocycles. The van der Waals surface area contributed by atoms with E-state index in [-0.39, 0.29) is 85.1 Å². The normalized spacial score (nSPS) is 0. The molecular formula is H4Mg2Zn2. The maximum atomic E-state index is 0. The Hall–Kier alpha value is 2.78. The molecule has 0 aromatic rings. The molecule has 12 valence electrons. The predicted molar refractivity (Wildman–Crippen MR) is 17.1 cm³/mol. The van der Waals surface area contributed by atoms with Gasteiger partial charge in [0, 0.05) is 39.0 Å². The van der Waals surface area contributed by atoms with Crippen LogP contribution in [0, 0.1) is 0 Å². The van der Waals surface area contributed by atoms with Gasteiger partial charge in [0.05, 0.1) is 0 Å². The molecule has 0 N–H and O–H groups in total. The van der Waals surface area contributed by atoms with Crippen LogP contribution < -0.4 is 0 Å². The van der Waals surface area contributed by atoms with Gasteiger partial charge in [0.25, 0.3) is 0 Å². The van der Waals surface area contributed by atoms with Gasteiger partial charge in [0.1, 0.15) is 0 Å². The Bertz CT molecular complexity index is 4.00. The van der Waals surface area contributed by atoms with Gasteiger partial charge in [-0.2, -0.15) is 0 Å². The largest absolute Gasteiger partial charge is 0.316 e. The van der Waals surface area contributed by atoms with Crippen molar-refractivity contribution in [3.05, 3.63) is 0 Å². The molecule has 0 rings (SSSR count). The Labute approximate surface area is 83.7 Å². The maximum absolute atomic E-state index is 0. The average molecular weight is 183 g/mol. The Morgan fingerprint density at radius 1 is 0.500 bits per heavy atom. The molecule has 4 heavy (non-hydrogen) atoms. The van der Waals surface area contributed by atoms with Crippen molar-refractivity contribution in [2.24, 2.45) is 0 Å². The molecule has 0 spiro atoms. The Balaban J connectivity index is 0. The van der Waals surface area contributed by atoms with Crippen LogP contribution in [0.15, 0.2) is 0 Å². The van der Waals surface area contributed by atoms with Gasteiger partial charge in [-0.05, 0) is 0 Å². The van der Waals surface area contributed by atoms with E-state index in [2.05, 4.69) is 0 Å². The van der Waals surface area contributed by atoms with Crippen molar-refractivity contribution in [2.45, 2.75) is 0 Å². The molecule has 0 saturated heterocycles. The minimum absolute atomic E-state index is 0. The molecule has 0 amide bonds. The monoisotopic (exact) mass is 180 g/mol. The maximum Gasteiger partial charge on any atom is 0.316 e. The third-order valence-corrected chi connectivity index (χ3v) is 0. The smallest absolute Gasteiger partial charge is 0 e. The summed E-state index contributed by atoms with van der Waals surface area (Å²) in [7, 11) is 0. The summed E-state index contributed by atoms with van der Waals surface area (Å²) in [4.78, 5) is 0. The second kappa shape index (κ2) is 17.1. The van der Waals surface area contributed by atoms with Crippen molar-refractivity contribution in [3.8, 4) is 0 Å². The third-order valence-electron chi connectivity index (χ3n) is 0. The van der Waals surface area contributed by atoms with Crippen molar-refractivity contribution in [3.63, 3.8) is 0 Å². The summed E-state index contributed by atoms with van der Waals surface area (Å²) >= 11 is 0. The molecule has 0 nitrogen and oxygen atoms in total. The van der Waals surface area contributed by atoms with Crippen molar-refractivity contribution in [2.75, 3.05) is 0 Å². The molecule has 4 heteroatoms. The fourth-order valence-corrected chi connectivity index (χ4v) is 0. The van der Waals surface area contributed by atoms with E-state index in [1.54, 1.807) is 0 Å². The molecule has 0 aliphatic carbocycles. The first-order valence-electron chi connectivity index (χ1n) is 0. The molecule has 0 saturated carbocycles.